The highest BCUT2D eigenvalue weighted by atomic mass is 16.5. The van der Waals surface area contributed by atoms with Crippen LogP contribution >= 0.6 is 0 Å². The van der Waals surface area contributed by atoms with E-state index in [0.717, 1.165) is 22.4 Å². The number of carboxylic acids is 1. The zero-order valence-corrected chi connectivity index (χ0v) is 10.7. The molecule has 0 aliphatic carbocycles. The summed E-state index contributed by atoms with van der Waals surface area (Å²) in [5.41, 5.74) is 2.89. The van der Waals surface area contributed by atoms with E-state index in [1.54, 1.807) is 7.11 Å². The van der Waals surface area contributed by atoms with Gasteiger partial charge >= 0.3 is 5.97 Å². The molecule has 18 heavy (non-hydrogen) atoms. The monoisotopic (exact) mass is 251 g/mol. The number of aryl methyl sites for hydroxylation is 2. The molecule has 98 valence electrons. The molecule has 0 aliphatic rings. The highest BCUT2D eigenvalue weighted by Crippen LogP contribution is 2.24. The molecule has 0 fully saturated rings. The Labute approximate surface area is 106 Å². The molecule has 5 heteroatoms. The van der Waals surface area contributed by atoms with Gasteiger partial charge in [-0.3, -0.25) is 9.59 Å². The summed E-state index contributed by atoms with van der Waals surface area (Å²) in [6, 6.07) is 3.90. The maximum atomic E-state index is 11.3. The fraction of sp³-hybridized carbons (Fsp3) is 0.385. The van der Waals surface area contributed by atoms with Crippen LogP contribution in [0, 0.1) is 13.8 Å². The SMILES string of the molecule is COc1c(C)cc(C)cc1CNC(=O)CC(=O)O. The van der Waals surface area contributed by atoms with Crippen LogP contribution in [0.2, 0.25) is 0 Å². The maximum Gasteiger partial charge on any atom is 0.312 e. The summed E-state index contributed by atoms with van der Waals surface area (Å²) in [5.74, 6) is -0.931. The first-order chi connectivity index (χ1) is 8.43. The molecule has 0 saturated carbocycles. The van der Waals surface area contributed by atoms with E-state index in [1.807, 2.05) is 26.0 Å². The zero-order valence-electron chi connectivity index (χ0n) is 10.7. The standard InChI is InChI=1S/C13H17NO4/c1-8-4-9(2)13(18-3)10(5-8)7-14-11(15)6-12(16)17/h4-5H,6-7H2,1-3H3,(H,14,15)(H,16,17). The Balaban J connectivity index is 2.78. The minimum atomic E-state index is -1.14. The van der Waals surface area contributed by atoms with E-state index in [1.165, 1.54) is 0 Å². The van der Waals surface area contributed by atoms with Gasteiger partial charge in [0.15, 0.2) is 0 Å². The van der Waals surface area contributed by atoms with Crippen molar-refractivity contribution in [3.63, 3.8) is 0 Å². The lowest BCUT2D eigenvalue weighted by Crippen LogP contribution is -2.25. The molecule has 0 unspecified atom stereocenters. The molecule has 5 nitrogen and oxygen atoms in total. The minimum absolute atomic E-state index is 0.262. The average molecular weight is 251 g/mol. The third-order valence-electron chi connectivity index (χ3n) is 2.49. The number of hydrogen-bond acceptors (Lipinski definition) is 3. The summed E-state index contributed by atoms with van der Waals surface area (Å²) in [6.07, 6.45) is -0.521. The summed E-state index contributed by atoms with van der Waals surface area (Å²) in [5, 5.41) is 11.0. The summed E-state index contributed by atoms with van der Waals surface area (Å²) >= 11 is 0. The highest BCUT2D eigenvalue weighted by molar-refractivity contribution is 5.93. The van der Waals surface area contributed by atoms with E-state index in [4.69, 9.17) is 9.84 Å². The van der Waals surface area contributed by atoms with Gasteiger partial charge in [0.2, 0.25) is 5.91 Å². The van der Waals surface area contributed by atoms with Crippen molar-refractivity contribution in [3.8, 4) is 5.75 Å². The van der Waals surface area contributed by atoms with Gasteiger partial charge in [-0.2, -0.15) is 0 Å². The number of aliphatic carboxylic acids is 1. The number of carbonyl (C=O) groups excluding carboxylic acids is 1. The van der Waals surface area contributed by atoms with Crippen LogP contribution in [0.25, 0.3) is 0 Å². The summed E-state index contributed by atoms with van der Waals surface area (Å²) in [7, 11) is 1.57. The Morgan fingerprint density at radius 1 is 1.33 bits per heavy atom. The van der Waals surface area contributed by atoms with Gasteiger partial charge < -0.3 is 15.2 Å². The molecule has 0 aliphatic heterocycles. The minimum Gasteiger partial charge on any atom is -0.496 e. The van der Waals surface area contributed by atoms with Crippen molar-refractivity contribution in [2.24, 2.45) is 0 Å². The number of rotatable bonds is 5. The highest BCUT2D eigenvalue weighted by Gasteiger charge is 2.11. The molecule has 0 saturated heterocycles. The summed E-state index contributed by atoms with van der Waals surface area (Å²) < 4.78 is 5.28. The number of hydrogen-bond donors (Lipinski definition) is 2. The van der Waals surface area contributed by atoms with Crippen molar-refractivity contribution >= 4 is 11.9 Å². The van der Waals surface area contributed by atoms with Crippen LogP contribution in [0.1, 0.15) is 23.1 Å². The molecular weight excluding hydrogens is 234 g/mol. The third-order valence-corrected chi connectivity index (χ3v) is 2.49. The van der Waals surface area contributed by atoms with Crippen molar-refractivity contribution in [1.82, 2.24) is 5.32 Å². The predicted octanol–water partition coefficient (Wildman–Crippen LogP) is 1.40. The Morgan fingerprint density at radius 3 is 2.56 bits per heavy atom. The van der Waals surface area contributed by atoms with Gasteiger partial charge in [-0.15, -0.1) is 0 Å². The normalized spacial score (nSPS) is 9.94. The number of ether oxygens (including phenoxy) is 1. The van der Waals surface area contributed by atoms with Crippen molar-refractivity contribution in [2.75, 3.05) is 7.11 Å². The smallest absolute Gasteiger partial charge is 0.312 e. The van der Waals surface area contributed by atoms with E-state index in [9.17, 15) is 9.59 Å². The number of benzene rings is 1. The first kappa shape index (κ1) is 14.0. The van der Waals surface area contributed by atoms with Crippen molar-refractivity contribution in [1.29, 1.82) is 0 Å². The third kappa shape index (κ3) is 3.76. The lowest BCUT2D eigenvalue weighted by molar-refractivity contribution is -0.140. The topological polar surface area (TPSA) is 75.6 Å². The zero-order chi connectivity index (χ0) is 13.7. The predicted molar refractivity (Wildman–Crippen MR) is 66.6 cm³/mol. The van der Waals surface area contributed by atoms with Crippen LogP contribution in [0.5, 0.6) is 5.75 Å². The molecule has 2 N–H and O–H groups in total. The van der Waals surface area contributed by atoms with Gasteiger partial charge in [-0.1, -0.05) is 17.7 Å². The van der Waals surface area contributed by atoms with Crippen LogP contribution in [-0.4, -0.2) is 24.1 Å². The molecular formula is C13H17NO4. The first-order valence-corrected chi connectivity index (χ1v) is 5.56. The maximum absolute atomic E-state index is 11.3. The van der Waals surface area contributed by atoms with E-state index < -0.39 is 18.3 Å². The van der Waals surface area contributed by atoms with Crippen LogP contribution in [0.15, 0.2) is 12.1 Å². The Kier molecular flexibility index (Phi) is 4.71. The Bertz CT molecular complexity index is 468. The largest absolute Gasteiger partial charge is 0.496 e. The second-order valence-electron chi connectivity index (χ2n) is 4.12. The molecule has 0 atom stereocenters. The van der Waals surface area contributed by atoms with Gasteiger partial charge in [0, 0.05) is 12.1 Å². The second kappa shape index (κ2) is 6.05. The number of carbonyl (C=O) groups is 2. The molecule has 0 aromatic heterocycles. The van der Waals surface area contributed by atoms with Gasteiger partial charge in [0.05, 0.1) is 7.11 Å². The number of methoxy groups -OCH3 is 1. The van der Waals surface area contributed by atoms with E-state index >= 15 is 0 Å². The summed E-state index contributed by atoms with van der Waals surface area (Å²) in [4.78, 5) is 21.6. The van der Waals surface area contributed by atoms with Crippen LogP contribution in [-0.2, 0) is 16.1 Å². The molecule has 1 rings (SSSR count). The molecule has 0 radical (unpaired) electrons. The molecule has 1 amide bonds. The molecule has 0 spiro atoms. The van der Waals surface area contributed by atoms with Gasteiger partial charge in [0.25, 0.3) is 0 Å². The van der Waals surface area contributed by atoms with Crippen LogP contribution < -0.4 is 10.1 Å². The van der Waals surface area contributed by atoms with Crippen molar-refractivity contribution in [2.45, 2.75) is 26.8 Å². The van der Waals surface area contributed by atoms with Gasteiger partial charge in [-0.25, -0.2) is 0 Å². The van der Waals surface area contributed by atoms with E-state index in [2.05, 4.69) is 5.32 Å². The number of nitrogens with one attached hydrogen (secondary N) is 1. The van der Waals surface area contributed by atoms with Gasteiger partial charge in [-0.05, 0) is 19.4 Å². The lowest BCUT2D eigenvalue weighted by Gasteiger charge is -2.13. The molecule has 0 bridgehead atoms. The Morgan fingerprint density at radius 2 is 2.00 bits per heavy atom. The lowest BCUT2D eigenvalue weighted by atomic mass is 10.1. The fourth-order valence-electron chi connectivity index (χ4n) is 1.86. The molecule has 1 aromatic carbocycles. The summed E-state index contributed by atoms with van der Waals surface area (Å²) in [6.45, 7) is 4.14. The molecule has 0 heterocycles. The fourth-order valence-corrected chi connectivity index (χ4v) is 1.86. The quantitative estimate of drug-likeness (QED) is 0.776. The first-order valence-electron chi connectivity index (χ1n) is 5.56. The average Bonchev–Trinajstić information content (AvgIpc) is 2.24. The second-order valence-corrected chi connectivity index (χ2v) is 4.12. The Hall–Kier alpha value is -2.04. The van der Waals surface area contributed by atoms with Crippen molar-refractivity contribution < 1.29 is 19.4 Å². The number of carboxylic acid groups (broad SMARTS) is 1. The molecule has 1 aromatic rings. The van der Waals surface area contributed by atoms with Crippen LogP contribution in [0.3, 0.4) is 0 Å². The van der Waals surface area contributed by atoms with E-state index in [-0.39, 0.29) is 6.54 Å². The van der Waals surface area contributed by atoms with Gasteiger partial charge in [0.1, 0.15) is 12.2 Å². The van der Waals surface area contributed by atoms with E-state index in [0.29, 0.717) is 0 Å². The van der Waals surface area contributed by atoms with Crippen molar-refractivity contribution in [3.05, 3.63) is 28.8 Å². The van der Waals surface area contributed by atoms with Crippen LogP contribution in [0.4, 0.5) is 0 Å². The number of amides is 1.